The Morgan fingerprint density at radius 3 is 2.57 bits per heavy atom. The number of likely N-dealkylation sites (tertiary alicyclic amines) is 1. The first-order valence-corrected chi connectivity index (χ1v) is 14.5. The number of aromatic nitrogens is 3. The number of alkyl halides is 1. The monoisotopic (exact) mass is 639 g/mol. The molecule has 1 saturated heterocycles. The molecule has 3 aromatic rings. The van der Waals surface area contributed by atoms with Gasteiger partial charge < -0.3 is 19.7 Å². The van der Waals surface area contributed by atoms with Gasteiger partial charge in [0.15, 0.2) is 0 Å². The van der Waals surface area contributed by atoms with Crippen molar-refractivity contribution in [3.05, 3.63) is 109 Å². The van der Waals surface area contributed by atoms with Crippen LogP contribution in [0.2, 0.25) is 5.02 Å². The Morgan fingerprint density at radius 2 is 1.91 bits per heavy atom. The minimum atomic E-state index is -1.49. The summed E-state index contributed by atoms with van der Waals surface area (Å²) < 4.78 is 7.72. The van der Waals surface area contributed by atoms with E-state index in [2.05, 4.69) is 5.32 Å². The molecule has 2 atom stereocenters. The molecule has 2 aliphatic rings. The number of carbonyl (C=O) groups is 2. The molecule has 0 bridgehead atoms. The van der Waals surface area contributed by atoms with Crippen LogP contribution in [0, 0.1) is 5.41 Å². The van der Waals surface area contributed by atoms with Crippen molar-refractivity contribution in [2.24, 2.45) is 19.5 Å². The predicted octanol–water partition coefficient (Wildman–Crippen LogP) is 2.93. The molecule has 1 aliphatic carbocycles. The predicted molar refractivity (Wildman–Crippen MR) is 166 cm³/mol. The molecule has 5 rings (SSSR count). The van der Waals surface area contributed by atoms with E-state index in [1.165, 1.54) is 27.4 Å². The number of rotatable bonds is 8. The first kappa shape index (κ1) is 31.2. The van der Waals surface area contributed by atoms with Crippen molar-refractivity contribution in [3.63, 3.8) is 0 Å². The number of aryl methyl sites for hydroxylation is 1. The maximum atomic E-state index is 13.8. The van der Waals surface area contributed by atoms with Gasteiger partial charge in [-0.25, -0.2) is 4.79 Å². The number of methoxy groups -OCH3 is 1. The van der Waals surface area contributed by atoms with Crippen LogP contribution in [0.4, 0.5) is 0 Å². The van der Waals surface area contributed by atoms with E-state index in [0.717, 1.165) is 9.13 Å². The van der Waals surface area contributed by atoms with E-state index >= 15 is 0 Å². The summed E-state index contributed by atoms with van der Waals surface area (Å²) in [6.07, 6.45) is 8.00. The Balaban J connectivity index is 1.58. The van der Waals surface area contributed by atoms with Crippen molar-refractivity contribution in [1.29, 1.82) is 0 Å². The van der Waals surface area contributed by atoms with Gasteiger partial charge in [0.25, 0.3) is 11.5 Å². The number of benzene rings is 1. The SMILES string of the molecule is COc1cc(C2(NC(=O)c3cn(C)c(=O)n(C)c3=O)C=CC=C(c3ccccc3Cl)C2Cl)ncc1CN1CC(C)(C(=O)O)C1. The normalized spacial score (nSPS) is 20.9. The largest absolute Gasteiger partial charge is 0.496 e. The van der Waals surface area contributed by atoms with Crippen molar-refractivity contribution in [2.75, 3.05) is 20.2 Å². The van der Waals surface area contributed by atoms with Crippen LogP contribution in [-0.2, 0) is 31.0 Å². The van der Waals surface area contributed by atoms with E-state index in [1.807, 2.05) is 17.0 Å². The third-order valence-electron chi connectivity index (χ3n) is 8.15. The molecular weight excluding hydrogens is 609 g/mol. The lowest BCUT2D eigenvalue weighted by Gasteiger charge is -2.45. The van der Waals surface area contributed by atoms with Gasteiger partial charge in [-0.15, -0.1) is 11.6 Å². The van der Waals surface area contributed by atoms with Gasteiger partial charge >= 0.3 is 11.7 Å². The molecule has 2 N–H and O–H groups in total. The number of ether oxygens (including phenoxy) is 1. The lowest BCUT2D eigenvalue weighted by atomic mass is 9.79. The second-order valence-electron chi connectivity index (χ2n) is 11.3. The number of nitrogens with one attached hydrogen (secondary N) is 1. The van der Waals surface area contributed by atoms with Gasteiger partial charge in [0.1, 0.15) is 16.9 Å². The molecule has 1 fully saturated rings. The van der Waals surface area contributed by atoms with Crippen LogP contribution in [0.1, 0.15) is 34.1 Å². The topological polar surface area (TPSA) is 136 Å². The van der Waals surface area contributed by atoms with E-state index in [4.69, 9.17) is 32.9 Å². The number of aliphatic carboxylic acids is 1. The average molecular weight is 641 g/mol. The molecular formula is C31H31Cl2N5O6. The Labute approximate surface area is 263 Å². The first-order chi connectivity index (χ1) is 20.8. The second-order valence-corrected chi connectivity index (χ2v) is 12.2. The van der Waals surface area contributed by atoms with Gasteiger partial charge in [-0.1, -0.05) is 48.0 Å². The second kappa shape index (κ2) is 11.7. The van der Waals surface area contributed by atoms with Crippen molar-refractivity contribution in [3.8, 4) is 5.75 Å². The number of carbonyl (C=O) groups excluding carboxylic acids is 1. The van der Waals surface area contributed by atoms with E-state index in [9.17, 15) is 24.3 Å². The summed E-state index contributed by atoms with van der Waals surface area (Å²) >= 11 is 13.8. The molecule has 2 unspecified atom stereocenters. The minimum Gasteiger partial charge on any atom is -0.496 e. The Kier molecular flexibility index (Phi) is 8.32. The zero-order chi connectivity index (χ0) is 32.0. The van der Waals surface area contributed by atoms with Crippen LogP contribution >= 0.6 is 23.2 Å². The highest BCUT2D eigenvalue weighted by atomic mass is 35.5. The number of hydrogen-bond donors (Lipinski definition) is 2. The van der Waals surface area contributed by atoms with Crippen molar-refractivity contribution < 1.29 is 19.4 Å². The van der Waals surface area contributed by atoms with Gasteiger partial charge in [-0.3, -0.25) is 28.8 Å². The number of carboxylic acid groups (broad SMARTS) is 1. The number of halogens is 2. The summed E-state index contributed by atoms with van der Waals surface area (Å²) in [6.45, 7) is 2.85. The van der Waals surface area contributed by atoms with E-state index in [-0.39, 0.29) is 5.56 Å². The van der Waals surface area contributed by atoms with Crippen LogP contribution in [0.25, 0.3) is 5.57 Å². The third kappa shape index (κ3) is 5.36. The molecule has 230 valence electrons. The maximum Gasteiger partial charge on any atom is 0.330 e. The van der Waals surface area contributed by atoms with Gasteiger partial charge in [0, 0.05) is 62.8 Å². The van der Waals surface area contributed by atoms with E-state index in [0.29, 0.717) is 52.8 Å². The average Bonchev–Trinajstić information content (AvgIpc) is 2.98. The molecule has 44 heavy (non-hydrogen) atoms. The Morgan fingerprint density at radius 1 is 1.20 bits per heavy atom. The van der Waals surface area contributed by atoms with Crippen molar-refractivity contribution >= 4 is 40.7 Å². The van der Waals surface area contributed by atoms with Gasteiger partial charge in [0.05, 0.1) is 23.6 Å². The fourth-order valence-corrected chi connectivity index (χ4v) is 6.35. The molecule has 0 saturated carbocycles. The zero-order valence-electron chi connectivity index (χ0n) is 24.5. The smallest absolute Gasteiger partial charge is 0.330 e. The number of carboxylic acids is 1. The Bertz CT molecular complexity index is 1840. The van der Waals surface area contributed by atoms with Gasteiger partial charge in [-0.2, -0.15) is 0 Å². The summed E-state index contributed by atoms with van der Waals surface area (Å²) in [5.41, 5.74) is -1.62. The molecule has 0 spiro atoms. The highest BCUT2D eigenvalue weighted by Gasteiger charge is 2.47. The van der Waals surface area contributed by atoms with Crippen molar-refractivity contribution in [1.82, 2.24) is 24.3 Å². The van der Waals surface area contributed by atoms with E-state index in [1.54, 1.807) is 49.5 Å². The molecule has 13 heteroatoms. The lowest BCUT2D eigenvalue weighted by Crippen LogP contribution is -2.58. The standard InChI is InChI=1S/C31H31Cl2N5O6/c1-30(28(41)42)16-38(17-30)14-18-13-34-24(12-23(18)44-4)31(35-26(39)21-15-36(2)29(43)37(3)27(21)40)11-7-9-20(25(31)33)19-8-5-6-10-22(19)32/h5-13,15,25H,14,16-17H2,1-4H3,(H,35,39)(H,41,42). The van der Waals surface area contributed by atoms with Crippen LogP contribution in [-0.4, -0.2) is 61.6 Å². The molecule has 0 radical (unpaired) electrons. The number of nitrogens with zero attached hydrogens (tertiary/aromatic N) is 4. The summed E-state index contributed by atoms with van der Waals surface area (Å²) in [5.74, 6) is -1.16. The summed E-state index contributed by atoms with van der Waals surface area (Å²) in [5, 5.41) is 11.9. The molecule has 1 aromatic carbocycles. The Hall–Kier alpha value is -4.19. The van der Waals surface area contributed by atoms with Crippen LogP contribution in [0.3, 0.4) is 0 Å². The van der Waals surface area contributed by atoms with Gasteiger partial charge in [0.2, 0.25) is 0 Å². The summed E-state index contributed by atoms with van der Waals surface area (Å²) in [4.78, 5) is 57.3. The first-order valence-electron chi connectivity index (χ1n) is 13.7. The molecule has 1 amide bonds. The lowest BCUT2D eigenvalue weighted by molar-refractivity contribution is -0.158. The number of pyridine rings is 1. The highest BCUT2D eigenvalue weighted by Crippen LogP contribution is 2.43. The fourth-order valence-electron chi connectivity index (χ4n) is 5.67. The summed E-state index contributed by atoms with van der Waals surface area (Å²) in [7, 11) is 4.24. The third-order valence-corrected chi connectivity index (χ3v) is 9.06. The highest BCUT2D eigenvalue weighted by molar-refractivity contribution is 6.34. The van der Waals surface area contributed by atoms with Crippen LogP contribution in [0.5, 0.6) is 5.75 Å². The maximum absolute atomic E-state index is 13.8. The summed E-state index contributed by atoms with van der Waals surface area (Å²) in [6, 6.07) is 8.82. The quantitative estimate of drug-likeness (QED) is 0.359. The van der Waals surface area contributed by atoms with Crippen LogP contribution in [0.15, 0.2) is 70.5 Å². The number of allylic oxidation sites excluding steroid dienone is 2. The number of hydrogen-bond acceptors (Lipinski definition) is 7. The minimum absolute atomic E-state index is 0.261. The molecule has 11 nitrogen and oxygen atoms in total. The molecule has 1 aliphatic heterocycles. The van der Waals surface area contributed by atoms with Crippen LogP contribution < -0.4 is 21.3 Å². The van der Waals surface area contributed by atoms with Gasteiger partial charge in [-0.05, 0) is 24.1 Å². The fraction of sp³-hybridized carbons (Fsp3) is 0.323. The molecule has 3 heterocycles. The molecule has 2 aromatic heterocycles. The van der Waals surface area contributed by atoms with E-state index < -0.39 is 39.5 Å². The van der Waals surface area contributed by atoms with Crippen molar-refractivity contribution in [2.45, 2.75) is 24.4 Å². The number of amides is 1. The zero-order valence-corrected chi connectivity index (χ0v) is 26.0.